The van der Waals surface area contributed by atoms with Crippen LogP contribution in [0, 0.1) is 0 Å². The maximum Gasteiger partial charge on any atom is 0.526 e. The van der Waals surface area contributed by atoms with E-state index in [1.807, 2.05) is 0 Å². The van der Waals surface area contributed by atoms with Gasteiger partial charge in [-0.3, -0.25) is 8.74 Å². The van der Waals surface area contributed by atoms with Crippen molar-refractivity contribution in [2.45, 2.75) is 13.0 Å². The van der Waals surface area contributed by atoms with Gasteiger partial charge in [0.25, 0.3) is 0 Å². The van der Waals surface area contributed by atoms with Crippen LogP contribution in [0.25, 0.3) is 0 Å². The molecule has 1 aromatic rings. The van der Waals surface area contributed by atoms with E-state index in [0.717, 1.165) is 0 Å². The Balaban J connectivity index is 2.59. The minimum Gasteiger partial charge on any atom is -0.426 e. The zero-order valence-electron chi connectivity index (χ0n) is 8.36. The maximum absolute atomic E-state index is 10.9. The third kappa shape index (κ3) is 4.28. The number of benzene rings is 1. The Labute approximate surface area is 92.8 Å². The number of carbonyl (C=O) groups is 1. The summed E-state index contributed by atoms with van der Waals surface area (Å²) in [5.41, 5.74) is 0.676. The second kappa shape index (κ2) is 4.95. The number of carbonyl (C=O) groups excluding carboxylic acids is 1. The van der Waals surface area contributed by atoms with E-state index in [0.29, 0.717) is 5.56 Å². The van der Waals surface area contributed by atoms with Gasteiger partial charge in [-0.15, -0.1) is 0 Å². The molecule has 0 saturated carbocycles. The van der Waals surface area contributed by atoms with Crippen LogP contribution in [0.1, 0.15) is 18.6 Å². The quantitative estimate of drug-likeness (QED) is 0.645. The Morgan fingerprint density at radius 3 is 2.38 bits per heavy atom. The fourth-order valence-electron chi connectivity index (χ4n) is 1.04. The summed E-state index contributed by atoms with van der Waals surface area (Å²) in [7, 11) is -4.83. The second-order valence-corrected chi connectivity index (χ2v) is 3.95. The highest BCUT2D eigenvalue weighted by Gasteiger charge is 2.18. The second-order valence-electron chi connectivity index (χ2n) is 2.93. The van der Waals surface area contributed by atoms with Crippen molar-refractivity contribution >= 4 is 16.6 Å². The summed E-state index contributed by atoms with van der Waals surface area (Å²) in [6.07, 6.45) is -2.14. The smallest absolute Gasteiger partial charge is 0.426 e. The normalized spacial score (nSPS) is 12.9. The molecule has 1 rings (SSSR count). The Bertz CT molecular complexity index is 452. The molecule has 0 spiro atoms. The summed E-state index contributed by atoms with van der Waals surface area (Å²) >= 11 is 0. The Kier molecular flexibility index (Phi) is 3.86. The van der Waals surface area contributed by atoms with Crippen molar-refractivity contribution in [3.05, 3.63) is 35.9 Å². The topological polar surface area (TPSA) is 89.9 Å². The lowest BCUT2D eigenvalue weighted by Crippen LogP contribution is -2.15. The molecule has 1 aromatic carbocycles. The molecule has 0 aliphatic carbocycles. The van der Waals surface area contributed by atoms with E-state index in [1.54, 1.807) is 37.3 Å². The SMILES string of the molecule is CC(OC(=O)OS(=O)(=O)O)c1ccccc1. The molecule has 0 saturated heterocycles. The Morgan fingerprint density at radius 2 is 1.88 bits per heavy atom. The summed E-state index contributed by atoms with van der Waals surface area (Å²) in [6.45, 7) is 1.54. The summed E-state index contributed by atoms with van der Waals surface area (Å²) in [6, 6.07) is 8.66. The summed E-state index contributed by atoms with van der Waals surface area (Å²) in [5, 5.41) is 0. The van der Waals surface area contributed by atoms with Crippen LogP contribution < -0.4 is 0 Å². The molecule has 16 heavy (non-hydrogen) atoms. The van der Waals surface area contributed by atoms with Crippen molar-refractivity contribution in [2.75, 3.05) is 0 Å². The van der Waals surface area contributed by atoms with Gasteiger partial charge >= 0.3 is 16.6 Å². The first-order valence-electron chi connectivity index (χ1n) is 4.31. The van der Waals surface area contributed by atoms with Gasteiger partial charge in [0.05, 0.1) is 0 Å². The molecule has 0 heterocycles. The highest BCUT2D eigenvalue weighted by atomic mass is 32.3. The third-order valence-electron chi connectivity index (χ3n) is 1.72. The lowest BCUT2D eigenvalue weighted by Gasteiger charge is -2.11. The van der Waals surface area contributed by atoms with Crippen LogP contribution >= 0.6 is 0 Å². The molecule has 6 nitrogen and oxygen atoms in total. The molecule has 0 fully saturated rings. The van der Waals surface area contributed by atoms with Crippen LogP contribution in [0.4, 0.5) is 4.79 Å². The molecule has 1 atom stereocenters. The van der Waals surface area contributed by atoms with E-state index in [2.05, 4.69) is 8.92 Å². The van der Waals surface area contributed by atoms with Crippen molar-refractivity contribution < 1.29 is 26.7 Å². The van der Waals surface area contributed by atoms with Crippen LogP contribution in [0.5, 0.6) is 0 Å². The van der Waals surface area contributed by atoms with Gasteiger partial charge in [0.2, 0.25) is 0 Å². The summed E-state index contributed by atoms with van der Waals surface area (Å²) < 4.78 is 36.8. The fraction of sp³-hybridized carbons (Fsp3) is 0.222. The van der Waals surface area contributed by atoms with E-state index >= 15 is 0 Å². The van der Waals surface area contributed by atoms with E-state index < -0.39 is 22.7 Å². The van der Waals surface area contributed by atoms with E-state index in [1.165, 1.54) is 0 Å². The molecule has 1 N–H and O–H groups in total. The van der Waals surface area contributed by atoms with Crippen molar-refractivity contribution in [3.63, 3.8) is 0 Å². The highest BCUT2D eigenvalue weighted by Crippen LogP contribution is 2.16. The van der Waals surface area contributed by atoms with Crippen LogP contribution in [-0.2, 0) is 19.3 Å². The number of hydrogen-bond acceptors (Lipinski definition) is 5. The molecular weight excluding hydrogens is 236 g/mol. The van der Waals surface area contributed by atoms with Crippen LogP contribution in [-0.4, -0.2) is 19.1 Å². The predicted molar refractivity (Wildman–Crippen MR) is 54.0 cm³/mol. The fourth-order valence-corrected chi connectivity index (χ4v) is 1.25. The number of ether oxygens (including phenoxy) is 1. The van der Waals surface area contributed by atoms with Gasteiger partial charge < -0.3 is 4.74 Å². The van der Waals surface area contributed by atoms with Crippen LogP contribution in [0.3, 0.4) is 0 Å². The van der Waals surface area contributed by atoms with E-state index in [9.17, 15) is 13.2 Å². The van der Waals surface area contributed by atoms with E-state index in [4.69, 9.17) is 4.55 Å². The average Bonchev–Trinajstić information content (AvgIpc) is 2.16. The molecule has 0 aliphatic heterocycles. The largest absolute Gasteiger partial charge is 0.526 e. The van der Waals surface area contributed by atoms with Gasteiger partial charge in [-0.1, -0.05) is 30.3 Å². The highest BCUT2D eigenvalue weighted by molar-refractivity contribution is 7.81. The molecular formula is C9H10O6S. The minimum absolute atomic E-state index is 0.671. The molecule has 0 aromatic heterocycles. The third-order valence-corrected chi connectivity index (χ3v) is 2.06. The van der Waals surface area contributed by atoms with Gasteiger partial charge in [0.1, 0.15) is 6.10 Å². The first-order chi connectivity index (χ1) is 7.38. The molecule has 0 radical (unpaired) electrons. The van der Waals surface area contributed by atoms with Crippen molar-refractivity contribution in [2.24, 2.45) is 0 Å². The van der Waals surface area contributed by atoms with Gasteiger partial charge in [0, 0.05) is 0 Å². The van der Waals surface area contributed by atoms with Gasteiger partial charge in [0.15, 0.2) is 0 Å². The lowest BCUT2D eigenvalue weighted by atomic mass is 10.1. The van der Waals surface area contributed by atoms with Gasteiger partial charge in [-0.25, -0.2) is 4.79 Å². The number of hydrogen-bond donors (Lipinski definition) is 1. The van der Waals surface area contributed by atoms with Crippen molar-refractivity contribution in [1.82, 2.24) is 0 Å². The van der Waals surface area contributed by atoms with Crippen LogP contribution in [0.15, 0.2) is 30.3 Å². The minimum atomic E-state index is -4.83. The van der Waals surface area contributed by atoms with Crippen molar-refractivity contribution in [1.29, 1.82) is 0 Å². The zero-order chi connectivity index (χ0) is 12.2. The monoisotopic (exact) mass is 246 g/mol. The zero-order valence-corrected chi connectivity index (χ0v) is 9.18. The summed E-state index contributed by atoms with van der Waals surface area (Å²) in [5.74, 6) is 0. The van der Waals surface area contributed by atoms with Crippen molar-refractivity contribution in [3.8, 4) is 0 Å². The average molecular weight is 246 g/mol. The predicted octanol–water partition coefficient (Wildman–Crippen LogP) is 1.70. The van der Waals surface area contributed by atoms with Gasteiger partial charge in [-0.05, 0) is 12.5 Å². The standard InChI is InChI=1S/C9H10O6S/c1-7(8-5-3-2-4-6-8)14-9(10)15-16(11,12)13/h2-7H,1H3,(H,11,12,13). The molecule has 0 amide bonds. The molecule has 0 bridgehead atoms. The van der Waals surface area contributed by atoms with Gasteiger partial charge in [-0.2, -0.15) is 8.42 Å². The molecule has 0 aliphatic rings. The number of rotatable bonds is 3. The summed E-state index contributed by atoms with van der Waals surface area (Å²) in [4.78, 5) is 10.9. The first kappa shape index (κ1) is 12.5. The molecule has 1 unspecified atom stereocenters. The Morgan fingerprint density at radius 1 is 1.31 bits per heavy atom. The Hall–Kier alpha value is -1.60. The molecule has 88 valence electrons. The van der Waals surface area contributed by atoms with Crippen LogP contribution in [0.2, 0.25) is 0 Å². The lowest BCUT2D eigenvalue weighted by molar-refractivity contribution is 0.0642. The maximum atomic E-state index is 10.9. The first-order valence-corrected chi connectivity index (χ1v) is 5.67. The molecule has 7 heteroatoms. The van der Waals surface area contributed by atoms with E-state index in [-0.39, 0.29) is 0 Å².